The Balaban J connectivity index is 2.37. The molecule has 2 rings (SSSR count). The lowest BCUT2D eigenvalue weighted by Crippen LogP contribution is -2.30. The molecule has 6 heteroatoms. The monoisotopic (exact) mass is 235 g/mol. The molecular weight excluding hydrogens is 218 g/mol. The Hall–Kier alpha value is -1.82. The lowest BCUT2D eigenvalue weighted by molar-refractivity contribution is 0.249. The maximum absolute atomic E-state index is 9.30. The minimum absolute atomic E-state index is 0.0427. The second-order valence-corrected chi connectivity index (χ2v) is 4.35. The van der Waals surface area contributed by atoms with Gasteiger partial charge in [0.15, 0.2) is 11.5 Å². The second kappa shape index (κ2) is 4.58. The highest BCUT2D eigenvalue weighted by Gasteiger charge is 2.15. The molecule has 4 N–H and O–H groups in total. The van der Waals surface area contributed by atoms with Crippen molar-refractivity contribution in [2.24, 2.45) is 5.92 Å². The summed E-state index contributed by atoms with van der Waals surface area (Å²) in [6.45, 7) is 4.10. The van der Waals surface area contributed by atoms with Crippen molar-refractivity contribution >= 4 is 17.3 Å². The van der Waals surface area contributed by atoms with Crippen LogP contribution >= 0.6 is 0 Å². The minimum atomic E-state index is -0.0650. The molecule has 1 atom stereocenters. The third-order valence-electron chi connectivity index (χ3n) is 2.72. The van der Waals surface area contributed by atoms with Gasteiger partial charge >= 0.3 is 0 Å². The number of nitrogens with one attached hydrogen (secondary N) is 1. The minimum Gasteiger partial charge on any atom is -0.394 e. The van der Waals surface area contributed by atoms with Crippen LogP contribution in [-0.4, -0.2) is 32.1 Å². The Morgan fingerprint density at radius 3 is 2.94 bits per heavy atom. The zero-order valence-corrected chi connectivity index (χ0v) is 9.96. The van der Waals surface area contributed by atoms with Gasteiger partial charge in [0.2, 0.25) is 0 Å². The van der Waals surface area contributed by atoms with Crippen LogP contribution in [0.4, 0.5) is 11.6 Å². The van der Waals surface area contributed by atoms with Crippen LogP contribution < -0.4 is 11.1 Å². The van der Waals surface area contributed by atoms with Crippen LogP contribution in [0, 0.1) is 5.92 Å². The van der Waals surface area contributed by atoms with E-state index >= 15 is 0 Å². The molecule has 0 spiro atoms. The molecule has 0 radical (unpaired) electrons. The molecule has 1 unspecified atom stereocenters. The van der Waals surface area contributed by atoms with Crippen molar-refractivity contribution in [1.29, 1.82) is 0 Å². The first-order valence-corrected chi connectivity index (χ1v) is 5.58. The van der Waals surface area contributed by atoms with E-state index in [9.17, 15) is 5.11 Å². The molecule has 2 aromatic rings. The van der Waals surface area contributed by atoms with Gasteiger partial charge in [-0.05, 0) is 5.92 Å². The normalized spacial score (nSPS) is 13.2. The Kier molecular flexibility index (Phi) is 3.14. The molecule has 0 aliphatic heterocycles. The van der Waals surface area contributed by atoms with Gasteiger partial charge < -0.3 is 20.6 Å². The maximum Gasteiger partial charge on any atom is 0.180 e. The summed E-state index contributed by atoms with van der Waals surface area (Å²) in [6, 6.07) is -0.0650. The van der Waals surface area contributed by atoms with E-state index in [-0.39, 0.29) is 12.6 Å². The Morgan fingerprint density at radius 2 is 2.29 bits per heavy atom. The van der Waals surface area contributed by atoms with E-state index in [0.29, 0.717) is 23.2 Å². The zero-order chi connectivity index (χ0) is 12.4. The van der Waals surface area contributed by atoms with Gasteiger partial charge in [-0.3, -0.25) is 0 Å². The van der Waals surface area contributed by atoms with Crippen molar-refractivity contribution in [3.63, 3.8) is 0 Å². The zero-order valence-electron chi connectivity index (χ0n) is 9.96. The fourth-order valence-corrected chi connectivity index (χ4v) is 1.65. The summed E-state index contributed by atoms with van der Waals surface area (Å²) in [5.41, 5.74) is 6.42. The van der Waals surface area contributed by atoms with E-state index in [1.807, 2.05) is 20.0 Å². The van der Waals surface area contributed by atoms with E-state index in [1.54, 1.807) is 16.8 Å². The quantitative estimate of drug-likeness (QED) is 0.727. The van der Waals surface area contributed by atoms with Crippen molar-refractivity contribution in [3.05, 3.63) is 18.6 Å². The molecule has 0 saturated heterocycles. The summed E-state index contributed by atoms with van der Waals surface area (Å²) in [4.78, 5) is 8.42. The molecule has 0 fully saturated rings. The van der Waals surface area contributed by atoms with Crippen LogP contribution in [0.1, 0.15) is 13.8 Å². The number of anilines is 2. The number of nitrogen functional groups attached to an aromatic ring is 1. The first-order chi connectivity index (χ1) is 8.11. The predicted molar refractivity (Wildman–Crippen MR) is 66.7 cm³/mol. The summed E-state index contributed by atoms with van der Waals surface area (Å²) in [5.74, 6) is 1.31. The fourth-order valence-electron chi connectivity index (χ4n) is 1.65. The number of nitrogens with two attached hydrogens (primary N) is 1. The number of hydrogen-bond acceptors (Lipinski definition) is 5. The third kappa shape index (κ3) is 2.31. The van der Waals surface area contributed by atoms with E-state index in [1.165, 1.54) is 0 Å². The molecule has 6 nitrogen and oxygen atoms in total. The maximum atomic E-state index is 9.30. The predicted octanol–water partition coefficient (Wildman–Crippen LogP) is 0.740. The molecule has 0 aromatic carbocycles. The van der Waals surface area contributed by atoms with Gasteiger partial charge in [-0.1, -0.05) is 13.8 Å². The number of imidazole rings is 1. The first-order valence-electron chi connectivity index (χ1n) is 5.58. The summed E-state index contributed by atoms with van der Waals surface area (Å²) >= 11 is 0. The number of aromatic nitrogens is 3. The van der Waals surface area contributed by atoms with Crippen LogP contribution in [-0.2, 0) is 0 Å². The van der Waals surface area contributed by atoms with E-state index in [2.05, 4.69) is 15.3 Å². The van der Waals surface area contributed by atoms with Crippen LogP contribution in [0.2, 0.25) is 0 Å². The summed E-state index contributed by atoms with van der Waals surface area (Å²) in [5, 5.41) is 12.5. The molecule has 0 saturated carbocycles. The number of hydrogen-bond donors (Lipinski definition) is 3. The van der Waals surface area contributed by atoms with E-state index in [4.69, 9.17) is 5.73 Å². The van der Waals surface area contributed by atoms with E-state index in [0.717, 1.165) is 0 Å². The number of nitrogens with zero attached hydrogens (tertiary/aromatic N) is 3. The summed E-state index contributed by atoms with van der Waals surface area (Å²) in [7, 11) is 0. The molecule has 2 heterocycles. The molecule has 92 valence electrons. The molecular formula is C11H17N5O. The number of fused-ring (bicyclic) bond motifs is 1. The van der Waals surface area contributed by atoms with Crippen LogP contribution in [0.3, 0.4) is 0 Å². The highest BCUT2D eigenvalue weighted by atomic mass is 16.3. The smallest absolute Gasteiger partial charge is 0.180 e. The van der Waals surface area contributed by atoms with E-state index < -0.39 is 0 Å². The van der Waals surface area contributed by atoms with Crippen LogP contribution in [0.25, 0.3) is 5.65 Å². The summed E-state index contributed by atoms with van der Waals surface area (Å²) < 4.78 is 1.80. The number of aliphatic hydroxyl groups excluding tert-OH is 1. The molecule has 0 aliphatic carbocycles. The van der Waals surface area contributed by atoms with Crippen molar-refractivity contribution < 1.29 is 5.11 Å². The Bertz CT molecular complexity index is 508. The molecule has 0 amide bonds. The molecule has 17 heavy (non-hydrogen) atoms. The van der Waals surface area contributed by atoms with Crippen LogP contribution in [0.15, 0.2) is 18.6 Å². The number of rotatable bonds is 4. The number of aliphatic hydroxyl groups is 1. The van der Waals surface area contributed by atoms with Crippen molar-refractivity contribution in [2.75, 3.05) is 17.7 Å². The van der Waals surface area contributed by atoms with Gasteiger partial charge in [0.1, 0.15) is 5.82 Å². The second-order valence-electron chi connectivity index (χ2n) is 4.35. The molecule has 0 bridgehead atoms. The lowest BCUT2D eigenvalue weighted by Gasteiger charge is -2.20. The van der Waals surface area contributed by atoms with Crippen molar-refractivity contribution in [1.82, 2.24) is 14.4 Å². The fraction of sp³-hybridized carbons (Fsp3) is 0.455. The topological polar surface area (TPSA) is 88.5 Å². The van der Waals surface area contributed by atoms with Gasteiger partial charge in [0, 0.05) is 12.4 Å². The SMILES string of the molecule is CC(C)C(CO)Nc1nc(N)cn2ccnc12. The Morgan fingerprint density at radius 1 is 1.53 bits per heavy atom. The largest absolute Gasteiger partial charge is 0.394 e. The third-order valence-corrected chi connectivity index (χ3v) is 2.72. The highest BCUT2D eigenvalue weighted by molar-refractivity contribution is 5.65. The van der Waals surface area contributed by atoms with Crippen molar-refractivity contribution in [2.45, 2.75) is 19.9 Å². The molecule has 2 aromatic heterocycles. The molecule has 0 aliphatic rings. The summed E-state index contributed by atoms with van der Waals surface area (Å²) in [6.07, 6.45) is 5.20. The standard InChI is InChI=1S/C11H17N5O/c1-7(2)8(6-17)14-10-11-13-3-4-16(11)5-9(12)15-10/h3-5,7-8,17H,6,12H2,1-2H3,(H,14,15). The van der Waals surface area contributed by atoms with Crippen molar-refractivity contribution in [3.8, 4) is 0 Å². The average Bonchev–Trinajstić information content (AvgIpc) is 2.72. The van der Waals surface area contributed by atoms with Gasteiger partial charge in [-0.25, -0.2) is 9.97 Å². The first kappa shape index (κ1) is 11.7. The average molecular weight is 235 g/mol. The highest BCUT2D eigenvalue weighted by Crippen LogP contribution is 2.17. The van der Waals surface area contributed by atoms with Gasteiger partial charge in [-0.2, -0.15) is 0 Å². The van der Waals surface area contributed by atoms with Crippen LogP contribution in [0.5, 0.6) is 0 Å². The Labute approximate surface area is 99.5 Å². The lowest BCUT2D eigenvalue weighted by atomic mass is 10.1. The van der Waals surface area contributed by atoms with Gasteiger partial charge in [0.05, 0.1) is 18.8 Å². The van der Waals surface area contributed by atoms with Gasteiger partial charge in [0.25, 0.3) is 0 Å². The van der Waals surface area contributed by atoms with Gasteiger partial charge in [-0.15, -0.1) is 0 Å².